The van der Waals surface area contributed by atoms with Crippen LogP contribution in [-0.2, 0) is 16.0 Å². The molecule has 4 heteroatoms. The van der Waals surface area contributed by atoms with E-state index in [2.05, 4.69) is 0 Å². The van der Waals surface area contributed by atoms with E-state index in [4.69, 9.17) is 5.11 Å². The SMILES string of the molecule is CC(=O)N1c2ccc(/C=C/C(=O)O)cc2CC1C. The van der Waals surface area contributed by atoms with Gasteiger partial charge in [-0.05, 0) is 42.7 Å². The predicted octanol–water partition coefficient (Wildman–Crippen LogP) is 2.08. The van der Waals surface area contributed by atoms with Gasteiger partial charge in [-0.1, -0.05) is 6.07 Å². The Morgan fingerprint density at radius 2 is 2.17 bits per heavy atom. The molecule has 1 aliphatic heterocycles. The molecule has 0 bridgehead atoms. The molecule has 1 N–H and O–H groups in total. The fraction of sp³-hybridized carbons (Fsp3) is 0.286. The summed E-state index contributed by atoms with van der Waals surface area (Å²) in [7, 11) is 0. The second-order valence-electron chi connectivity index (χ2n) is 4.50. The van der Waals surface area contributed by atoms with Gasteiger partial charge in [0.25, 0.3) is 0 Å². The van der Waals surface area contributed by atoms with Crippen LogP contribution >= 0.6 is 0 Å². The zero-order valence-corrected chi connectivity index (χ0v) is 10.4. The van der Waals surface area contributed by atoms with Crippen LogP contribution in [0.25, 0.3) is 6.08 Å². The normalized spacial score (nSPS) is 18.1. The standard InChI is InChI=1S/C14H15NO3/c1-9-7-12-8-11(4-6-14(17)18)3-5-13(12)15(9)10(2)16/h3-6,8-9H,7H2,1-2H3,(H,17,18)/b6-4+. The fourth-order valence-corrected chi connectivity index (χ4v) is 2.40. The minimum Gasteiger partial charge on any atom is -0.478 e. The maximum atomic E-state index is 11.6. The van der Waals surface area contributed by atoms with Gasteiger partial charge in [-0.25, -0.2) is 4.79 Å². The molecule has 0 spiro atoms. The molecule has 1 heterocycles. The number of anilines is 1. The van der Waals surface area contributed by atoms with Crippen LogP contribution in [0.1, 0.15) is 25.0 Å². The lowest BCUT2D eigenvalue weighted by atomic mass is 10.1. The van der Waals surface area contributed by atoms with Gasteiger partial charge in [0.05, 0.1) is 0 Å². The number of amides is 1. The molecule has 1 unspecified atom stereocenters. The fourth-order valence-electron chi connectivity index (χ4n) is 2.40. The molecule has 1 atom stereocenters. The minimum atomic E-state index is -0.964. The van der Waals surface area contributed by atoms with E-state index in [1.54, 1.807) is 17.9 Å². The number of carboxylic acids is 1. The van der Waals surface area contributed by atoms with Crippen LogP contribution in [0.4, 0.5) is 5.69 Å². The number of nitrogens with zero attached hydrogens (tertiary/aromatic N) is 1. The van der Waals surface area contributed by atoms with E-state index in [1.165, 1.54) is 0 Å². The van der Waals surface area contributed by atoms with Crippen LogP contribution in [-0.4, -0.2) is 23.0 Å². The number of hydrogen-bond donors (Lipinski definition) is 1. The molecule has 4 nitrogen and oxygen atoms in total. The smallest absolute Gasteiger partial charge is 0.328 e. The lowest BCUT2D eigenvalue weighted by molar-refractivity contribution is -0.131. The van der Waals surface area contributed by atoms with Crippen molar-refractivity contribution in [1.29, 1.82) is 0 Å². The summed E-state index contributed by atoms with van der Waals surface area (Å²) in [5.41, 5.74) is 2.86. The van der Waals surface area contributed by atoms with Gasteiger partial charge in [0.15, 0.2) is 0 Å². The van der Waals surface area contributed by atoms with Gasteiger partial charge in [0, 0.05) is 24.7 Å². The first kappa shape index (κ1) is 12.4. The van der Waals surface area contributed by atoms with Gasteiger partial charge in [0.2, 0.25) is 5.91 Å². The largest absolute Gasteiger partial charge is 0.478 e. The first-order valence-electron chi connectivity index (χ1n) is 5.83. The highest BCUT2D eigenvalue weighted by molar-refractivity contribution is 5.95. The summed E-state index contributed by atoms with van der Waals surface area (Å²) in [4.78, 5) is 23.8. The molecule has 0 saturated heterocycles. The summed E-state index contributed by atoms with van der Waals surface area (Å²) in [6, 6.07) is 5.80. The molecule has 0 fully saturated rings. The van der Waals surface area contributed by atoms with Crippen molar-refractivity contribution in [3.63, 3.8) is 0 Å². The maximum absolute atomic E-state index is 11.6. The number of carboxylic acid groups (broad SMARTS) is 1. The summed E-state index contributed by atoms with van der Waals surface area (Å²) in [5.74, 6) is -0.927. The van der Waals surface area contributed by atoms with Crippen LogP contribution < -0.4 is 4.90 Å². The molecular weight excluding hydrogens is 230 g/mol. The minimum absolute atomic E-state index is 0.0371. The molecule has 0 aliphatic carbocycles. The highest BCUT2D eigenvalue weighted by Crippen LogP contribution is 2.33. The summed E-state index contributed by atoms with van der Waals surface area (Å²) < 4.78 is 0. The average molecular weight is 245 g/mol. The highest BCUT2D eigenvalue weighted by atomic mass is 16.4. The monoisotopic (exact) mass is 245 g/mol. The van der Waals surface area contributed by atoms with E-state index in [0.29, 0.717) is 0 Å². The Morgan fingerprint density at radius 1 is 1.44 bits per heavy atom. The second kappa shape index (κ2) is 4.64. The summed E-state index contributed by atoms with van der Waals surface area (Å²) >= 11 is 0. The summed E-state index contributed by atoms with van der Waals surface area (Å²) in [6.07, 6.45) is 3.48. The first-order chi connectivity index (χ1) is 8.49. The molecule has 2 rings (SSSR count). The van der Waals surface area contributed by atoms with Crippen molar-refractivity contribution in [2.24, 2.45) is 0 Å². The van der Waals surface area contributed by atoms with Crippen molar-refractivity contribution in [2.45, 2.75) is 26.3 Å². The van der Waals surface area contributed by atoms with Crippen molar-refractivity contribution in [1.82, 2.24) is 0 Å². The Labute approximate surface area is 106 Å². The third-order valence-electron chi connectivity index (χ3n) is 3.08. The average Bonchev–Trinajstić information content (AvgIpc) is 2.61. The topological polar surface area (TPSA) is 57.6 Å². The van der Waals surface area contributed by atoms with E-state index in [-0.39, 0.29) is 11.9 Å². The number of carbonyl (C=O) groups is 2. The number of aliphatic carboxylic acids is 1. The van der Waals surface area contributed by atoms with Crippen LogP contribution in [0.15, 0.2) is 24.3 Å². The van der Waals surface area contributed by atoms with Gasteiger partial charge in [0.1, 0.15) is 0 Å². The lowest BCUT2D eigenvalue weighted by Crippen LogP contribution is -2.33. The van der Waals surface area contributed by atoms with Crippen LogP contribution in [0.2, 0.25) is 0 Å². The van der Waals surface area contributed by atoms with E-state index < -0.39 is 5.97 Å². The second-order valence-corrected chi connectivity index (χ2v) is 4.50. The van der Waals surface area contributed by atoms with E-state index in [0.717, 1.165) is 29.3 Å². The molecule has 1 aliphatic rings. The molecule has 18 heavy (non-hydrogen) atoms. The Bertz CT molecular complexity index is 534. The van der Waals surface area contributed by atoms with Gasteiger partial charge >= 0.3 is 5.97 Å². The molecule has 1 aromatic carbocycles. The molecule has 1 aromatic rings. The quantitative estimate of drug-likeness (QED) is 0.811. The molecular formula is C14H15NO3. The summed E-state index contributed by atoms with van der Waals surface area (Å²) in [5, 5.41) is 8.59. The highest BCUT2D eigenvalue weighted by Gasteiger charge is 2.28. The molecule has 0 aromatic heterocycles. The van der Waals surface area contributed by atoms with Crippen molar-refractivity contribution < 1.29 is 14.7 Å². The van der Waals surface area contributed by atoms with Gasteiger partial charge in [-0.15, -0.1) is 0 Å². The van der Waals surface area contributed by atoms with Crippen LogP contribution in [0.3, 0.4) is 0 Å². The predicted molar refractivity (Wildman–Crippen MR) is 69.4 cm³/mol. The number of rotatable bonds is 2. The van der Waals surface area contributed by atoms with Gasteiger partial charge in [-0.2, -0.15) is 0 Å². The Hall–Kier alpha value is -2.10. The van der Waals surface area contributed by atoms with E-state index >= 15 is 0 Å². The molecule has 94 valence electrons. The lowest BCUT2D eigenvalue weighted by Gasteiger charge is -2.20. The Balaban J connectivity index is 2.33. The third-order valence-corrected chi connectivity index (χ3v) is 3.08. The van der Waals surface area contributed by atoms with Crippen molar-refractivity contribution in [2.75, 3.05) is 4.90 Å². The number of hydrogen-bond acceptors (Lipinski definition) is 2. The molecule has 0 radical (unpaired) electrons. The van der Waals surface area contributed by atoms with E-state index in [1.807, 2.05) is 25.1 Å². The number of benzene rings is 1. The third kappa shape index (κ3) is 2.27. The molecule has 0 saturated carbocycles. The maximum Gasteiger partial charge on any atom is 0.328 e. The number of fused-ring (bicyclic) bond motifs is 1. The molecule has 1 amide bonds. The Kier molecular flexibility index (Phi) is 3.19. The van der Waals surface area contributed by atoms with Gasteiger partial charge < -0.3 is 10.0 Å². The van der Waals surface area contributed by atoms with Crippen molar-refractivity contribution in [3.05, 3.63) is 35.4 Å². The van der Waals surface area contributed by atoms with E-state index in [9.17, 15) is 9.59 Å². The van der Waals surface area contributed by atoms with Gasteiger partial charge in [-0.3, -0.25) is 4.79 Å². The van der Waals surface area contributed by atoms with Crippen molar-refractivity contribution >= 4 is 23.6 Å². The van der Waals surface area contributed by atoms with Crippen LogP contribution in [0.5, 0.6) is 0 Å². The first-order valence-corrected chi connectivity index (χ1v) is 5.83. The zero-order valence-electron chi connectivity index (χ0n) is 10.4. The summed E-state index contributed by atoms with van der Waals surface area (Å²) in [6.45, 7) is 3.57. The van der Waals surface area contributed by atoms with Crippen molar-refractivity contribution in [3.8, 4) is 0 Å². The number of carbonyl (C=O) groups excluding carboxylic acids is 1. The zero-order chi connectivity index (χ0) is 13.3. The Morgan fingerprint density at radius 3 is 2.78 bits per heavy atom. The van der Waals surface area contributed by atoms with Crippen LogP contribution in [0, 0.1) is 0 Å².